The molecular formula is C17H20ClN3O4S. The highest BCUT2D eigenvalue weighted by molar-refractivity contribution is 7.89. The Kier molecular flexibility index (Phi) is 6.60. The summed E-state index contributed by atoms with van der Waals surface area (Å²) in [6.07, 6.45) is 0. The van der Waals surface area contributed by atoms with Crippen LogP contribution >= 0.6 is 11.6 Å². The van der Waals surface area contributed by atoms with Gasteiger partial charge in [0.2, 0.25) is 0 Å². The molecule has 26 heavy (non-hydrogen) atoms. The Morgan fingerprint density at radius 1 is 1.19 bits per heavy atom. The van der Waals surface area contributed by atoms with E-state index >= 15 is 0 Å². The minimum atomic E-state index is -3.72. The van der Waals surface area contributed by atoms with Crippen molar-refractivity contribution in [3.8, 4) is 0 Å². The van der Waals surface area contributed by atoms with Crippen molar-refractivity contribution < 1.29 is 18.0 Å². The number of sulfonamides is 1. The van der Waals surface area contributed by atoms with E-state index in [-0.39, 0.29) is 10.9 Å². The van der Waals surface area contributed by atoms with Gasteiger partial charge in [0, 0.05) is 17.8 Å². The molecule has 0 bridgehead atoms. The van der Waals surface area contributed by atoms with Crippen molar-refractivity contribution in [2.75, 3.05) is 19.5 Å². The van der Waals surface area contributed by atoms with Gasteiger partial charge in [0.1, 0.15) is 0 Å². The molecule has 0 radical (unpaired) electrons. The molecule has 2 aromatic rings. The molecule has 0 saturated carbocycles. The van der Waals surface area contributed by atoms with Gasteiger partial charge in [-0.15, -0.1) is 0 Å². The summed E-state index contributed by atoms with van der Waals surface area (Å²) >= 11 is 5.95. The first-order chi connectivity index (χ1) is 12.2. The fraction of sp³-hybridized carbons (Fsp3) is 0.235. The lowest BCUT2D eigenvalue weighted by molar-refractivity contribution is -0.0258. The molecule has 0 heterocycles. The van der Waals surface area contributed by atoms with Gasteiger partial charge in [-0.3, -0.25) is 4.84 Å². The van der Waals surface area contributed by atoms with E-state index in [0.717, 1.165) is 10.0 Å². The van der Waals surface area contributed by atoms with Crippen LogP contribution in [0.25, 0.3) is 0 Å². The summed E-state index contributed by atoms with van der Waals surface area (Å²) in [5.74, 6) is 0. The zero-order valence-electron chi connectivity index (χ0n) is 14.6. The molecule has 1 atom stereocenters. The van der Waals surface area contributed by atoms with Crippen LogP contribution in [0, 0.1) is 0 Å². The molecule has 0 unspecified atom stereocenters. The van der Waals surface area contributed by atoms with Crippen molar-refractivity contribution >= 4 is 33.3 Å². The van der Waals surface area contributed by atoms with Gasteiger partial charge >= 0.3 is 6.03 Å². The molecule has 0 aliphatic heterocycles. The van der Waals surface area contributed by atoms with E-state index in [2.05, 4.69) is 10.6 Å². The largest absolute Gasteiger partial charge is 0.331 e. The standard InChI is InChI=1S/C17H20ClN3O4S/c1-12(13-5-4-6-14(18)11-13)19-17(22)20-15-7-9-16(10-8-15)26(23,24)21(2)25-3/h4-12H,1-3H3,(H2,19,20,22)/t12-/m0/s1. The van der Waals surface area contributed by atoms with Gasteiger partial charge in [0.25, 0.3) is 10.0 Å². The van der Waals surface area contributed by atoms with Gasteiger partial charge in [-0.2, -0.15) is 0 Å². The maximum atomic E-state index is 12.1. The molecule has 0 spiro atoms. The van der Waals surface area contributed by atoms with Crippen LogP contribution in [-0.2, 0) is 14.9 Å². The van der Waals surface area contributed by atoms with E-state index in [1.54, 1.807) is 12.1 Å². The predicted molar refractivity (Wildman–Crippen MR) is 100 cm³/mol. The zero-order chi connectivity index (χ0) is 19.3. The monoisotopic (exact) mass is 397 g/mol. The molecule has 0 saturated heterocycles. The zero-order valence-corrected chi connectivity index (χ0v) is 16.1. The molecule has 9 heteroatoms. The van der Waals surface area contributed by atoms with Crippen LogP contribution in [0.5, 0.6) is 0 Å². The molecule has 7 nitrogen and oxygen atoms in total. The summed E-state index contributed by atoms with van der Waals surface area (Å²) < 4.78 is 25.0. The Morgan fingerprint density at radius 3 is 2.42 bits per heavy atom. The molecule has 140 valence electrons. The fourth-order valence-electron chi connectivity index (χ4n) is 2.18. The van der Waals surface area contributed by atoms with Crippen LogP contribution in [0.1, 0.15) is 18.5 Å². The van der Waals surface area contributed by atoms with Crippen molar-refractivity contribution in [2.24, 2.45) is 0 Å². The summed E-state index contributed by atoms with van der Waals surface area (Å²) in [5.41, 5.74) is 1.33. The minimum Gasteiger partial charge on any atom is -0.331 e. The van der Waals surface area contributed by atoms with E-state index in [1.165, 1.54) is 38.4 Å². The maximum Gasteiger partial charge on any atom is 0.319 e. The summed E-state index contributed by atoms with van der Waals surface area (Å²) in [6, 6.07) is 12.3. The highest BCUT2D eigenvalue weighted by atomic mass is 35.5. The molecule has 2 rings (SSSR count). The number of hydroxylamine groups is 1. The van der Waals surface area contributed by atoms with E-state index in [4.69, 9.17) is 16.4 Å². The number of nitrogens with one attached hydrogen (secondary N) is 2. The molecule has 2 aromatic carbocycles. The Morgan fingerprint density at radius 2 is 1.85 bits per heavy atom. The Labute approximate surface area is 157 Å². The van der Waals surface area contributed by atoms with Crippen LogP contribution < -0.4 is 10.6 Å². The summed E-state index contributed by atoms with van der Waals surface area (Å²) in [7, 11) is -1.16. The number of hydrogen-bond donors (Lipinski definition) is 2. The number of carbonyl (C=O) groups is 1. The topological polar surface area (TPSA) is 87.7 Å². The van der Waals surface area contributed by atoms with Crippen molar-refractivity contribution in [3.63, 3.8) is 0 Å². The second kappa shape index (κ2) is 8.50. The molecule has 0 aliphatic carbocycles. The van der Waals surface area contributed by atoms with Crippen molar-refractivity contribution in [1.29, 1.82) is 0 Å². The number of halogens is 1. The van der Waals surface area contributed by atoms with E-state index in [1.807, 2.05) is 19.1 Å². The SMILES string of the molecule is CON(C)S(=O)(=O)c1ccc(NC(=O)N[C@@H](C)c2cccc(Cl)c2)cc1. The van der Waals surface area contributed by atoms with E-state index < -0.39 is 16.1 Å². The normalized spacial score (nSPS) is 12.7. The Balaban J connectivity index is 2.01. The molecular weight excluding hydrogens is 378 g/mol. The smallest absolute Gasteiger partial charge is 0.319 e. The summed E-state index contributed by atoms with van der Waals surface area (Å²) in [4.78, 5) is 16.9. The van der Waals surface area contributed by atoms with Gasteiger partial charge in [0.05, 0.1) is 18.0 Å². The Hall–Kier alpha value is -2.13. The van der Waals surface area contributed by atoms with Gasteiger partial charge < -0.3 is 10.6 Å². The third kappa shape index (κ3) is 4.95. The average Bonchev–Trinajstić information content (AvgIpc) is 2.61. The second-order valence-electron chi connectivity index (χ2n) is 5.50. The van der Waals surface area contributed by atoms with Crippen molar-refractivity contribution in [1.82, 2.24) is 9.79 Å². The van der Waals surface area contributed by atoms with Gasteiger partial charge in [-0.1, -0.05) is 28.2 Å². The first kappa shape index (κ1) is 20.2. The maximum absolute atomic E-state index is 12.1. The van der Waals surface area contributed by atoms with Crippen molar-refractivity contribution in [3.05, 3.63) is 59.1 Å². The van der Waals surface area contributed by atoms with Crippen LogP contribution in [-0.4, -0.2) is 33.1 Å². The molecule has 0 aliphatic rings. The number of hydrogen-bond acceptors (Lipinski definition) is 4. The number of carbonyl (C=O) groups excluding carboxylic acids is 1. The number of benzene rings is 2. The van der Waals surface area contributed by atoms with Crippen LogP contribution in [0.3, 0.4) is 0 Å². The van der Waals surface area contributed by atoms with Crippen LogP contribution in [0.4, 0.5) is 10.5 Å². The lowest BCUT2D eigenvalue weighted by Crippen LogP contribution is -2.31. The minimum absolute atomic E-state index is 0.0557. The molecule has 2 amide bonds. The lowest BCUT2D eigenvalue weighted by atomic mass is 10.1. The quantitative estimate of drug-likeness (QED) is 0.731. The predicted octanol–water partition coefficient (Wildman–Crippen LogP) is 3.40. The summed E-state index contributed by atoms with van der Waals surface area (Å²) in [6.45, 7) is 1.83. The van der Waals surface area contributed by atoms with Gasteiger partial charge in [-0.25, -0.2) is 13.2 Å². The van der Waals surface area contributed by atoms with Gasteiger partial charge in [0.15, 0.2) is 0 Å². The Bertz CT molecular complexity index is 872. The van der Waals surface area contributed by atoms with E-state index in [9.17, 15) is 13.2 Å². The molecule has 0 fully saturated rings. The van der Waals surface area contributed by atoms with Crippen LogP contribution in [0.2, 0.25) is 5.02 Å². The van der Waals surface area contributed by atoms with Crippen molar-refractivity contribution in [2.45, 2.75) is 17.9 Å². The summed E-state index contributed by atoms with van der Waals surface area (Å²) in [5, 5.41) is 6.04. The van der Waals surface area contributed by atoms with Gasteiger partial charge in [-0.05, 0) is 48.9 Å². The number of anilines is 1. The second-order valence-corrected chi connectivity index (χ2v) is 7.87. The first-order valence-corrected chi connectivity index (χ1v) is 9.52. The third-order valence-electron chi connectivity index (χ3n) is 3.70. The number of urea groups is 1. The highest BCUT2D eigenvalue weighted by Crippen LogP contribution is 2.19. The number of nitrogens with zero attached hydrogens (tertiary/aromatic N) is 1. The first-order valence-electron chi connectivity index (χ1n) is 7.70. The number of rotatable bonds is 6. The van der Waals surface area contributed by atoms with E-state index in [0.29, 0.717) is 10.7 Å². The lowest BCUT2D eigenvalue weighted by Gasteiger charge is -2.16. The van der Waals surface area contributed by atoms with Crippen LogP contribution in [0.15, 0.2) is 53.4 Å². The molecule has 2 N–H and O–H groups in total. The highest BCUT2D eigenvalue weighted by Gasteiger charge is 2.20. The average molecular weight is 398 g/mol. The fourth-order valence-corrected chi connectivity index (χ4v) is 3.35. The third-order valence-corrected chi connectivity index (χ3v) is 5.63. The molecule has 0 aromatic heterocycles. The number of amides is 2.